The molecule has 0 radical (unpaired) electrons. The third-order valence-corrected chi connectivity index (χ3v) is 4.08. The Morgan fingerprint density at radius 2 is 1.73 bits per heavy atom. The van der Waals surface area contributed by atoms with Crippen LogP contribution in [0.5, 0.6) is 11.5 Å². The van der Waals surface area contributed by atoms with Crippen molar-refractivity contribution < 1.29 is 14.3 Å². The molecule has 0 atom stereocenters. The van der Waals surface area contributed by atoms with E-state index in [1.54, 1.807) is 19.2 Å². The molecule has 0 unspecified atom stereocenters. The lowest BCUT2D eigenvalue weighted by atomic mass is 9.87. The van der Waals surface area contributed by atoms with Gasteiger partial charge in [-0.3, -0.25) is 4.79 Å². The Labute approximate surface area is 156 Å². The van der Waals surface area contributed by atoms with Crippen molar-refractivity contribution >= 4 is 5.91 Å². The number of benzene rings is 2. The van der Waals surface area contributed by atoms with Crippen LogP contribution < -0.4 is 14.8 Å². The highest BCUT2D eigenvalue weighted by molar-refractivity contribution is 5.94. The molecule has 0 aliphatic heterocycles. The van der Waals surface area contributed by atoms with Gasteiger partial charge >= 0.3 is 0 Å². The van der Waals surface area contributed by atoms with Crippen LogP contribution in [-0.2, 0) is 12.0 Å². The van der Waals surface area contributed by atoms with E-state index in [-0.39, 0.29) is 17.4 Å². The van der Waals surface area contributed by atoms with Gasteiger partial charge < -0.3 is 14.8 Å². The van der Waals surface area contributed by atoms with Crippen molar-refractivity contribution in [3.05, 3.63) is 59.2 Å². The molecule has 1 amide bonds. The number of hydrogen-bond donors (Lipinski definition) is 1. The Bertz CT molecular complexity index is 743. The maximum absolute atomic E-state index is 12.2. The zero-order chi connectivity index (χ0) is 19.3. The molecule has 0 saturated heterocycles. The van der Waals surface area contributed by atoms with Crippen LogP contribution in [0.1, 0.15) is 56.1 Å². The molecule has 2 aromatic carbocycles. The van der Waals surface area contributed by atoms with Crippen molar-refractivity contribution in [1.29, 1.82) is 0 Å². The van der Waals surface area contributed by atoms with E-state index >= 15 is 0 Å². The summed E-state index contributed by atoms with van der Waals surface area (Å²) in [6.07, 6.45) is 0. The summed E-state index contributed by atoms with van der Waals surface area (Å²) in [5, 5.41) is 2.90. The minimum absolute atomic E-state index is 0.0885. The minimum atomic E-state index is -0.0987. The summed E-state index contributed by atoms with van der Waals surface area (Å²) in [6, 6.07) is 13.6. The van der Waals surface area contributed by atoms with Gasteiger partial charge in [0.15, 0.2) is 0 Å². The molecule has 0 aliphatic carbocycles. The predicted octanol–water partition coefficient (Wildman–Crippen LogP) is 4.71. The molecule has 26 heavy (non-hydrogen) atoms. The molecular formula is C22H29NO3. The highest BCUT2D eigenvalue weighted by atomic mass is 16.5. The third kappa shape index (κ3) is 5.25. The number of ether oxygens (including phenoxy) is 2. The summed E-state index contributed by atoms with van der Waals surface area (Å²) in [5.41, 5.74) is 2.81. The maximum atomic E-state index is 12.2. The Morgan fingerprint density at radius 1 is 1.08 bits per heavy atom. The molecule has 4 nitrogen and oxygen atoms in total. The molecule has 0 bridgehead atoms. The van der Waals surface area contributed by atoms with Crippen molar-refractivity contribution in [2.45, 2.75) is 52.7 Å². The Balaban J connectivity index is 2.13. The fourth-order valence-electron chi connectivity index (χ4n) is 2.59. The Morgan fingerprint density at radius 3 is 2.27 bits per heavy atom. The molecule has 140 valence electrons. The third-order valence-electron chi connectivity index (χ3n) is 4.08. The molecule has 0 aliphatic rings. The van der Waals surface area contributed by atoms with Crippen LogP contribution in [0.3, 0.4) is 0 Å². The van der Waals surface area contributed by atoms with Crippen molar-refractivity contribution in [2.75, 3.05) is 7.11 Å². The minimum Gasteiger partial charge on any atom is -0.496 e. The second kappa shape index (κ2) is 8.26. The van der Waals surface area contributed by atoms with Crippen molar-refractivity contribution in [3.63, 3.8) is 0 Å². The second-order valence-electron chi connectivity index (χ2n) is 7.72. The second-order valence-corrected chi connectivity index (χ2v) is 7.72. The number of carbonyl (C=O) groups is 1. The molecule has 4 heteroatoms. The van der Waals surface area contributed by atoms with Gasteiger partial charge in [0.2, 0.25) is 0 Å². The van der Waals surface area contributed by atoms with E-state index in [4.69, 9.17) is 9.47 Å². The zero-order valence-corrected chi connectivity index (χ0v) is 16.6. The lowest BCUT2D eigenvalue weighted by Gasteiger charge is -2.19. The first kappa shape index (κ1) is 19.8. The smallest absolute Gasteiger partial charge is 0.251 e. The molecule has 2 aromatic rings. The van der Waals surface area contributed by atoms with Gasteiger partial charge in [0.1, 0.15) is 18.1 Å². The van der Waals surface area contributed by atoms with Crippen LogP contribution in [0.15, 0.2) is 42.5 Å². The molecule has 1 N–H and O–H groups in total. The van der Waals surface area contributed by atoms with E-state index in [1.807, 2.05) is 32.0 Å². The van der Waals surface area contributed by atoms with E-state index in [2.05, 4.69) is 38.2 Å². The van der Waals surface area contributed by atoms with E-state index in [1.165, 1.54) is 5.56 Å². The van der Waals surface area contributed by atoms with Crippen molar-refractivity contribution in [1.82, 2.24) is 5.32 Å². The largest absolute Gasteiger partial charge is 0.496 e. The average Bonchev–Trinajstić information content (AvgIpc) is 2.58. The summed E-state index contributed by atoms with van der Waals surface area (Å²) in [6.45, 7) is 10.8. The molecule has 0 fully saturated rings. The maximum Gasteiger partial charge on any atom is 0.251 e. The number of amides is 1. The molecule has 0 heterocycles. The van der Waals surface area contributed by atoms with Crippen LogP contribution in [0.2, 0.25) is 0 Å². The standard InChI is InChI=1S/C22H29NO3/c1-15(2)23-21(24)16-7-12-20(25-6)17(13-16)14-26-19-10-8-18(9-11-19)22(3,4)5/h7-13,15H,14H2,1-6H3,(H,23,24). The summed E-state index contributed by atoms with van der Waals surface area (Å²) in [4.78, 5) is 12.2. The summed E-state index contributed by atoms with van der Waals surface area (Å²) >= 11 is 0. The SMILES string of the molecule is COc1ccc(C(=O)NC(C)C)cc1COc1ccc(C(C)(C)C)cc1. The van der Waals surface area contributed by atoms with Gasteiger partial charge in [-0.1, -0.05) is 32.9 Å². The zero-order valence-electron chi connectivity index (χ0n) is 16.6. The van der Waals surface area contributed by atoms with Crippen LogP contribution in [-0.4, -0.2) is 19.1 Å². The van der Waals surface area contributed by atoms with Crippen LogP contribution >= 0.6 is 0 Å². The first-order valence-electron chi connectivity index (χ1n) is 8.92. The fourth-order valence-corrected chi connectivity index (χ4v) is 2.59. The van der Waals surface area contributed by atoms with Crippen LogP contribution in [0, 0.1) is 0 Å². The molecular weight excluding hydrogens is 326 g/mol. The van der Waals surface area contributed by atoms with Gasteiger partial charge in [-0.15, -0.1) is 0 Å². The molecule has 2 rings (SSSR count). The van der Waals surface area contributed by atoms with E-state index in [0.29, 0.717) is 17.9 Å². The van der Waals surface area contributed by atoms with Gasteiger partial charge in [0.05, 0.1) is 7.11 Å². The van der Waals surface area contributed by atoms with Crippen LogP contribution in [0.25, 0.3) is 0 Å². The summed E-state index contributed by atoms with van der Waals surface area (Å²) in [5.74, 6) is 1.40. The first-order chi connectivity index (χ1) is 12.2. The first-order valence-corrected chi connectivity index (χ1v) is 8.92. The van der Waals surface area contributed by atoms with E-state index in [9.17, 15) is 4.79 Å². The summed E-state index contributed by atoms with van der Waals surface area (Å²) < 4.78 is 11.3. The normalized spacial score (nSPS) is 11.3. The van der Waals surface area contributed by atoms with E-state index < -0.39 is 0 Å². The molecule has 0 aromatic heterocycles. The molecule has 0 spiro atoms. The van der Waals surface area contributed by atoms with Gasteiger partial charge in [-0.05, 0) is 55.2 Å². The molecule has 0 saturated carbocycles. The van der Waals surface area contributed by atoms with Crippen LogP contribution in [0.4, 0.5) is 0 Å². The quantitative estimate of drug-likeness (QED) is 0.816. The highest BCUT2D eigenvalue weighted by Gasteiger charge is 2.14. The number of carbonyl (C=O) groups excluding carboxylic acids is 1. The lowest BCUT2D eigenvalue weighted by Crippen LogP contribution is -2.30. The number of rotatable bonds is 6. The number of nitrogens with one attached hydrogen (secondary N) is 1. The van der Waals surface area contributed by atoms with E-state index in [0.717, 1.165) is 11.3 Å². The Kier molecular flexibility index (Phi) is 6.30. The topological polar surface area (TPSA) is 47.6 Å². The van der Waals surface area contributed by atoms with Gasteiger partial charge in [0.25, 0.3) is 5.91 Å². The predicted molar refractivity (Wildman–Crippen MR) is 105 cm³/mol. The highest BCUT2D eigenvalue weighted by Crippen LogP contribution is 2.26. The Hall–Kier alpha value is -2.49. The average molecular weight is 355 g/mol. The van der Waals surface area contributed by atoms with Crippen molar-refractivity contribution in [3.8, 4) is 11.5 Å². The lowest BCUT2D eigenvalue weighted by molar-refractivity contribution is 0.0943. The number of methoxy groups -OCH3 is 1. The van der Waals surface area contributed by atoms with Gasteiger partial charge in [0, 0.05) is 17.2 Å². The monoisotopic (exact) mass is 355 g/mol. The van der Waals surface area contributed by atoms with Gasteiger partial charge in [-0.25, -0.2) is 0 Å². The fraction of sp³-hybridized carbons (Fsp3) is 0.409. The van der Waals surface area contributed by atoms with Gasteiger partial charge in [-0.2, -0.15) is 0 Å². The summed E-state index contributed by atoms with van der Waals surface area (Å²) in [7, 11) is 1.62. The van der Waals surface area contributed by atoms with Crippen molar-refractivity contribution in [2.24, 2.45) is 0 Å². The number of hydrogen-bond acceptors (Lipinski definition) is 3.